The maximum Gasteiger partial charge on any atom is 0.339 e. The van der Waals surface area contributed by atoms with Crippen LogP contribution in [-0.4, -0.2) is 38.1 Å². The molecular weight excluding hydrogens is 382 g/mol. The Balaban J connectivity index is 1.79. The van der Waals surface area contributed by atoms with E-state index in [1.165, 1.54) is 12.1 Å². The quantitative estimate of drug-likeness (QED) is 0.553. The molecule has 146 valence electrons. The van der Waals surface area contributed by atoms with E-state index in [1.807, 2.05) is 0 Å². The molecule has 1 aromatic heterocycles. The molecule has 0 saturated heterocycles. The minimum atomic E-state index is -3.73. The van der Waals surface area contributed by atoms with E-state index in [2.05, 4.69) is 10.3 Å². The lowest BCUT2D eigenvalue weighted by atomic mass is 10.1. The molecule has 3 aromatic rings. The van der Waals surface area contributed by atoms with Crippen molar-refractivity contribution >= 4 is 32.7 Å². The maximum atomic E-state index is 11.6. The van der Waals surface area contributed by atoms with Gasteiger partial charge in [-0.3, -0.25) is 0 Å². The number of benzene rings is 2. The molecule has 3 rings (SSSR count). The predicted octanol–water partition coefficient (Wildman–Crippen LogP) is 2.24. The van der Waals surface area contributed by atoms with Crippen molar-refractivity contribution in [2.24, 2.45) is 5.14 Å². The largest absolute Gasteiger partial charge is 0.497 e. The number of sulfonamides is 1. The topological polar surface area (TPSA) is 132 Å². The van der Waals surface area contributed by atoms with Gasteiger partial charge in [-0.2, -0.15) is 0 Å². The first-order valence-electron chi connectivity index (χ1n) is 8.35. The second-order valence-corrected chi connectivity index (χ2v) is 7.68. The maximum absolute atomic E-state index is 11.6. The summed E-state index contributed by atoms with van der Waals surface area (Å²) >= 11 is 0. The summed E-state index contributed by atoms with van der Waals surface area (Å²) in [4.78, 5) is 16.0. The van der Waals surface area contributed by atoms with Crippen molar-refractivity contribution in [1.29, 1.82) is 0 Å². The average molecular weight is 401 g/mol. The van der Waals surface area contributed by atoms with Crippen LogP contribution in [0, 0.1) is 0 Å². The molecule has 28 heavy (non-hydrogen) atoms. The molecule has 0 aliphatic carbocycles. The van der Waals surface area contributed by atoms with E-state index < -0.39 is 16.0 Å². The lowest BCUT2D eigenvalue weighted by molar-refractivity contribution is 0.0697. The van der Waals surface area contributed by atoms with Gasteiger partial charge in [-0.1, -0.05) is 12.1 Å². The number of nitrogens with one attached hydrogen (secondary N) is 1. The van der Waals surface area contributed by atoms with Crippen LogP contribution in [0.3, 0.4) is 0 Å². The van der Waals surface area contributed by atoms with Crippen molar-refractivity contribution in [3.63, 3.8) is 0 Å². The molecule has 0 spiro atoms. The number of hydrogen-bond acceptors (Lipinski definition) is 6. The van der Waals surface area contributed by atoms with Crippen LogP contribution in [-0.2, 0) is 16.4 Å². The Kier molecular flexibility index (Phi) is 5.48. The molecule has 0 bridgehead atoms. The van der Waals surface area contributed by atoms with Crippen molar-refractivity contribution in [2.45, 2.75) is 11.3 Å². The van der Waals surface area contributed by atoms with Crippen LogP contribution in [0.5, 0.6) is 5.75 Å². The predicted molar refractivity (Wildman–Crippen MR) is 105 cm³/mol. The van der Waals surface area contributed by atoms with Gasteiger partial charge in [-0.05, 0) is 42.3 Å². The number of aromatic nitrogens is 1. The highest BCUT2D eigenvalue weighted by molar-refractivity contribution is 7.89. The number of rotatable bonds is 7. The summed E-state index contributed by atoms with van der Waals surface area (Å²) in [7, 11) is -2.18. The van der Waals surface area contributed by atoms with E-state index in [9.17, 15) is 18.3 Å². The monoisotopic (exact) mass is 401 g/mol. The molecular formula is C19H19N3O5S. The molecule has 0 fully saturated rings. The number of nitrogens with zero attached hydrogens (tertiary/aromatic N) is 1. The second-order valence-electron chi connectivity index (χ2n) is 6.11. The standard InChI is InChI=1S/C19H19N3O5S/c1-27-14-5-4-13-10-16(19(23)24)18(22-17(13)11-14)21-9-8-12-2-6-15(7-3-12)28(20,25)26/h2-7,10-11H,8-9H2,1H3,(H,21,22)(H,23,24)(H2,20,25,26). The van der Waals surface area contributed by atoms with E-state index in [1.54, 1.807) is 43.5 Å². The first-order valence-corrected chi connectivity index (χ1v) is 9.90. The highest BCUT2D eigenvalue weighted by Gasteiger charge is 2.14. The number of hydrogen-bond donors (Lipinski definition) is 3. The summed E-state index contributed by atoms with van der Waals surface area (Å²) in [6.45, 7) is 0.414. The summed E-state index contributed by atoms with van der Waals surface area (Å²) in [5, 5.41) is 18.3. The highest BCUT2D eigenvalue weighted by Crippen LogP contribution is 2.24. The molecule has 0 radical (unpaired) electrons. The molecule has 0 aliphatic heterocycles. The van der Waals surface area contributed by atoms with E-state index in [0.29, 0.717) is 29.6 Å². The number of pyridine rings is 1. The molecule has 4 N–H and O–H groups in total. The number of ether oxygens (including phenoxy) is 1. The molecule has 1 heterocycles. The zero-order valence-corrected chi connectivity index (χ0v) is 15.9. The smallest absolute Gasteiger partial charge is 0.339 e. The number of carboxylic acid groups (broad SMARTS) is 1. The normalized spacial score (nSPS) is 11.4. The van der Waals surface area contributed by atoms with E-state index in [0.717, 1.165) is 5.56 Å². The molecule has 0 amide bonds. The van der Waals surface area contributed by atoms with Crippen molar-refractivity contribution < 1.29 is 23.1 Å². The first-order chi connectivity index (χ1) is 13.3. The number of methoxy groups -OCH3 is 1. The third-order valence-corrected chi connectivity index (χ3v) is 5.14. The average Bonchev–Trinajstić information content (AvgIpc) is 2.66. The first kappa shape index (κ1) is 19.6. The zero-order chi connectivity index (χ0) is 20.3. The second kappa shape index (κ2) is 7.83. The third-order valence-electron chi connectivity index (χ3n) is 4.21. The van der Waals surface area contributed by atoms with Gasteiger partial charge in [0.1, 0.15) is 17.1 Å². The SMILES string of the molecule is COc1ccc2cc(C(=O)O)c(NCCc3ccc(S(N)(=O)=O)cc3)nc2c1. The number of nitrogens with two attached hydrogens (primary N) is 1. The van der Waals surface area contributed by atoms with Crippen molar-refractivity contribution in [2.75, 3.05) is 19.0 Å². The minimum absolute atomic E-state index is 0.0440. The molecule has 2 aromatic carbocycles. The molecule has 0 aliphatic rings. The fourth-order valence-corrected chi connectivity index (χ4v) is 3.26. The number of carboxylic acids is 1. The van der Waals surface area contributed by atoms with Gasteiger partial charge in [-0.25, -0.2) is 23.3 Å². The van der Waals surface area contributed by atoms with Crippen LogP contribution >= 0.6 is 0 Å². The third kappa shape index (κ3) is 4.38. The zero-order valence-electron chi connectivity index (χ0n) is 15.0. The molecule has 0 unspecified atom stereocenters. The molecule has 8 nitrogen and oxygen atoms in total. The lowest BCUT2D eigenvalue weighted by Crippen LogP contribution is -2.13. The summed E-state index contributed by atoms with van der Waals surface area (Å²) < 4.78 is 27.8. The minimum Gasteiger partial charge on any atom is -0.497 e. The van der Waals surface area contributed by atoms with Gasteiger partial charge in [0, 0.05) is 18.0 Å². The summed E-state index contributed by atoms with van der Waals surface area (Å²) in [6, 6.07) is 13.0. The molecule has 0 atom stereocenters. The Bertz CT molecular complexity index is 1130. The number of aromatic carboxylic acids is 1. The van der Waals surface area contributed by atoms with Crippen LogP contribution in [0.4, 0.5) is 5.82 Å². The van der Waals surface area contributed by atoms with Crippen LogP contribution in [0.15, 0.2) is 53.4 Å². The van der Waals surface area contributed by atoms with Crippen LogP contribution in [0.25, 0.3) is 10.9 Å². The fraction of sp³-hybridized carbons (Fsp3) is 0.158. The number of carbonyl (C=O) groups is 1. The van der Waals surface area contributed by atoms with Gasteiger partial charge >= 0.3 is 5.97 Å². The van der Waals surface area contributed by atoms with Gasteiger partial charge in [0.15, 0.2) is 0 Å². The molecule has 0 saturated carbocycles. The summed E-state index contributed by atoms with van der Waals surface area (Å²) in [5.41, 5.74) is 1.56. The Morgan fingerprint density at radius 2 is 1.89 bits per heavy atom. The summed E-state index contributed by atoms with van der Waals surface area (Å²) in [6.07, 6.45) is 0.543. The van der Waals surface area contributed by atoms with Crippen LogP contribution < -0.4 is 15.2 Å². The number of fused-ring (bicyclic) bond motifs is 1. The van der Waals surface area contributed by atoms with Gasteiger partial charge in [0.05, 0.1) is 17.5 Å². The number of primary sulfonamides is 1. The van der Waals surface area contributed by atoms with Gasteiger partial charge in [0.2, 0.25) is 10.0 Å². The summed E-state index contributed by atoms with van der Waals surface area (Å²) in [5.74, 6) is -0.191. The Labute approximate surface area is 162 Å². The highest BCUT2D eigenvalue weighted by atomic mass is 32.2. The van der Waals surface area contributed by atoms with Crippen molar-refractivity contribution in [1.82, 2.24) is 4.98 Å². The van der Waals surface area contributed by atoms with Gasteiger partial charge in [-0.15, -0.1) is 0 Å². The Hall–Kier alpha value is -3.17. The van der Waals surface area contributed by atoms with Crippen molar-refractivity contribution in [3.05, 3.63) is 59.7 Å². The van der Waals surface area contributed by atoms with Crippen LogP contribution in [0.1, 0.15) is 15.9 Å². The Morgan fingerprint density at radius 3 is 2.50 bits per heavy atom. The van der Waals surface area contributed by atoms with Crippen molar-refractivity contribution in [3.8, 4) is 5.75 Å². The van der Waals surface area contributed by atoms with E-state index in [-0.39, 0.29) is 16.3 Å². The van der Waals surface area contributed by atoms with E-state index in [4.69, 9.17) is 9.88 Å². The number of anilines is 1. The van der Waals surface area contributed by atoms with Crippen LogP contribution in [0.2, 0.25) is 0 Å². The van der Waals surface area contributed by atoms with E-state index >= 15 is 0 Å². The fourth-order valence-electron chi connectivity index (χ4n) is 2.74. The van der Waals surface area contributed by atoms with Gasteiger partial charge < -0.3 is 15.2 Å². The molecule has 9 heteroatoms. The van der Waals surface area contributed by atoms with Gasteiger partial charge in [0.25, 0.3) is 0 Å². The lowest BCUT2D eigenvalue weighted by Gasteiger charge is -2.11. The Morgan fingerprint density at radius 1 is 1.18 bits per heavy atom.